The Hall–Kier alpha value is -1.85. The summed E-state index contributed by atoms with van der Waals surface area (Å²) in [7, 11) is 1.54. The van der Waals surface area contributed by atoms with E-state index in [2.05, 4.69) is 15.3 Å². The lowest BCUT2D eigenvalue weighted by atomic mass is 9.80. The number of aromatic nitrogens is 2. The molecule has 0 saturated heterocycles. The third-order valence-corrected chi connectivity index (χ3v) is 3.94. The van der Waals surface area contributed by atoms with Crippen molar-refractivity contribution in [3.05, 3.63) is 12.3 Å². The van der Waals surface area contributed by atoms with Gasteiger partial charge in [-0.15, -0.1) is 0 Å². The van der Waals surface area contributed by atoms with Crippen LogP contribution in [0.1, 0.15) is 38.5 Å². The number of nitrogens with zero attached hydrogens (tertiary/aromatic N) is 2. The van der Waals surface area contributed by atoms with Crippen LogP contribution in [0.2, 0.25) is 0 Å². The molecular formula is C14H21N3O3. The van der Waals surface area contributed by atoms with E-state index in [0.717, 1.165) is 25.7 Å². The Morgan fingerprint density at radius 2 is 2.10 bits per heavy atom. The first-order valence-corrected chi connectivity index (χ1v) is 7.01. The third kappa shape index (κ3) is 3.37. The van der Waals surface area contributed by atoms with Crippen molar-refractivity contribution in [1.29, 1.82) is 0 Å². The fourth-order valence-electron chi connectivity index (χ4n) is 2.66. The first-order valence-electron chi connectivity index (χ1n) is 7.01. The summed E-state index contributed by atoms with van der Waals surface area (Å²) < 4.78 is 5.03. The molecule has 0 aromatic carbocycles. The maximum atomic E-state index is 11.7. The van der Waals surface area contributed by atoms with Gasteiger partial charge < -0.3 is 15.2 Å². The third-order valence-electron chi connectivity index (χ3n) is 3.94. The first kappa shape index (κ1) is 14.6. The Bertz CT molecular complexity index is 457. The average molecular weight is 279 g/mol. The molecule has 110 valence electrons. The van der Waals surface area contributed by atoms with Gasteiger partial charge in [0.25, 0.3) is 0 Å². The smallest absolute Gasteiger partial charge is 0.311 e. The van der Waals surface area contributed by atoms with Crippen LogP contribution >= 0.6 is 0 Å². The van der Waals surface area contributed by atoms with Crippen molar-refractivity contribution in [2.75, 3.05) is 19.0 Å². The zero-order valence-corrected chi connectivity index (χ0v) is 11.8. The lowest BCUT2D eigenvalue weighted by molar-refractivity contribution is -0.149. The van der Waals surface area contributed by atoms with Gasteiger partial charge in [-0.3, -0.25) is 4.79 Å². The molecule has 6 heteroatoms. The maximum Gasteiger partial charge on any atom is 0.311 e. The number of hydrogen-bond donors (Lipinski definition) is 2. The van der Waals surface area contributed by atoms with Crippen molar-refractivity contribution >= 4 is 11.9 Å². The average Bonchev–Trinajstić information content (AvgIpc) is 2.72. The number of ether oxygens (including phenoxy) is 1. The predicted molar refractivity (Wildman–Crippen MR) is 74.8 cm³/mol. The molecule has 0 atom stereocenters. The van der Waals surface area contributed by atoms with Gasteiger partial charge in [-0.1, -0.05) is 25.7 Å². The van der Waals surface area contributed by atoms with Gasteiger partial charge in [-0.25, -0.2) is 4.98 Å². The van der Waals surface area contributed by atoms with E-state index in [1.54, 1.807) is 12.3 Å². The molecule has 0 spiro atoms. The summed E-state index contributed by atoms with van der Waals surface area (Å²) in [5.41, 5.74) is -0.705. The molecule has 1 saturated carbocycles. The molecule has 0 amide bonds. The molecule has 0 radical (unpaired) electrons. The highest BCUT2D eigenvalue weighted by Crippen LogP contribution is 2.35. The fourth-order valence-corrected chi connectivity index (χ4v) is 2.66. The number of rotatable bonds is 5. The predicted octanol–water partition coefficient (Wildman–Crippen LogP) is 2.32. The quantitative estimate of drug-likeness (QED) is 0.805. The highest BCUT2D eigenvalue weighted by molar-refractivity contribution is 5.75. The van der Waals surface area contributed by atoms with Gasteiger partial charge in [0.15, 0.2) is 0 Å². The highest BCUT2D eigenvalue weighted by atomic mass is 16.5. The topological polar surface area (TPSA) is 84.3 Å². The zero-order chi connectivity index (χ0) is 14.4. The second kappa shape index (κ2) is 6.54. The summed E-state index contributed by atoms with van der Waals surface area (Å²) in [6.45, 7) is 0.357. The Morgan fingerprint density at radius 3 is 2.70 bits per heavy atom. The molecule has 0 bridgehead atoms. The summed E-state index contributed by atoms with van der Waals surface area (Å²) in [6.07, 6.45) is 7.17. The van der Waals surface area contributed by atoms with E-state index in [-0.39, 0.29) is 0 Å². The molecule has 6 nitrogen and oxygen atoms in total. The van der Waals surface area contributed by atoms with Gasteiger partial charge in [0.05, 0.1) is 12.5 Å². The van der Waals surface area contributed by atoms with Crippen LogP contribution in [0.4, 0.5) is 5.95 Å². The van der Waals surface area contributed by atoms with E-state index < -0.39 is 11.4 Å². The lowest BCUT2D eigenvalue weighted by Crippen LogP contribution is -2.37. The number of hydrogen-bond acceptors (Lipinski definition) is 5. The van der Waals surface area contributed by atoms with Gasteiger partial charge >= 0.3 is 5.97 Å². The van der Waals surface area contributed by atoms with Crippen molar-refractivity contribution in [3.63, 3.8) is 0 Å². The second-order valence-electron chi connectivity index (χ2n) is 5.28. The van der Waals surface area contributed by atoms with Gasteiger partial charge in [-0.2, -0.15) is 4.98 Å². The largest absolute Gasteiger partial charge is 0.481 e. The Morgan fingerprint density at radius 1 is 1.40 bits per heavy atom. The molecule has 2 N–H and O–H groups in total. The monoisotopic (exact) mass is 279 g/mol. The van der Waals surface area contributed by atoms with Crippen molar-refractivity contribution < 1.29 is 14.6 Å². The van der Waals surface area contributed by atoms with E-state index in [1.165, 1.54) is 7.11 Å². The number of carboxylic acids is 1. The van der Waals surface area contributed by atoms with E-state index in [4.69, 9.17) is 4.74 Å². The summed E-state index contributed by atoms with van der Waals surface area (Å²) in [6, 6.07) is 1.66. The summed E-state index contributed by atoms with van der Waals surface area (Å²) in [5, 5.41) is 12.6. The minimum Gasteiger partial charge on any atom is -0.481 e. The minimum absolute atomic E-state index is 0.357. The van der Waals surface area contributed by atoms with Gasteiger partial charge in [-0.05, 0) is 12.8 Å². The van der Waals surface area contributed by atoms with Crippen LogP contribution in [-0.2, 0) is 4.79 Å². The Labute approximate surface area is 118 Å². The molecule has 1 aliphatic rings. The fraction of sp³-hybridized carbons (Fsp3) is 0.643. The minimum atomic E-state index is -0.727. The standard InChI is InChI=1S/C14H21N3O3/c1-20-11-6-9-15-13(17-11)16-10-14(12(18)19)7-4-2-3-5-8-14/h6,9H,2-5,7-8,10H2,1H3,(H,18,19)(H,15,16,17). The Kier molecular flexibility index (Phi) is 4.76. The highest BCUT2D eigenvalue weighted by Gasteiger charge is 2.38. The lowest BCUT2D eigenvalue weighted by Gasteiger charge is -2.28. The van der Waals surface area contributed by atoms with Gasteiger partial charge in [0.1, 0.15) is 0 Å². The molecule has 1 fully saturated rings. The van der Waals surface area contributed by atoms with Crippen molar-refractivity contribution in [3.8, 4) is 5.88 Å². The molecule has 0 aliphatic heterocycles. The number of carboxylic acid groups (broad SMARTS) is 1. The zero-order valence-electron chi connectivity index (χ0n) is 11.8. The summed E-state index contributed by atoms with van der Waals surface area (Å²) in [5.74, 6) is 0.150. The van der Waals surface area contributed by atoms with Crippen LogP contribution < -0.4 is 10.1 Å². The summed E-state index contributed by atoms with van der Waals surface area (Å²) >= 11 is 0. The Balaban J connectivity index is 2.06. The normalized spacial score (nSPS) is 18.1. The molecule has 1 aromatic heterocycles. The molecule has 1 heterocycles. The SMILES string of the molecule is COc1ccnc(NCC2(C(=O)O)CCCCCC2)n1. The van der Waals surface area contributed by atoms with E-state index in [9.17, 15) is 9.90 Å². The van der Waals surface area contributed by atoms with Crippen molar-refractivity contribution in [2.24, 2.45) is 5.41 Å². The maximum absolute atomic E-state index is 11.7. The first-order chi connectivity index (χ1) is 9.66. The molecule has 2 rings (SSSR count). The van der Waals surface area contributed by atoms with Crippen LogP contribution in [-0.4, -0.2) is 34.7 Å². The molecule has 1 aromatic rings. The van der Waals surface area contributed by atoms with E-state index >= 15 is 0 Å². The van der Waals surface area contributed by atoms with Gasteiger partial charge in [0.2, 0.25) is 11.8 Å². The van der Waals surface area contributed by atoms with Crippen LogP contribution in [0.3, 0.4) is 0 Å². The number of carbonyl (C=O) groups is 1. The van der Waals surface area contributed by atoms with Crippen LogP contribution in [0.25, 0.3) is 0 Å². The van der Waals surface area contributed by atoms with Crippen molar-refractivity contribution in [2.45, 2.75) is 38.5 Å². The number of aliphatic carboxylic acids is 1. The van der Waals surface area contributed by atoms with Crippen LogP contribution in [0.5, 0.6) is 5.88 Å². The van der Waals surface area contributed by atoms with E-state index in [0.29, 0.717) is 31.2 Å². The second-order valence-corrected chi connectivity index (χ2v) is 5.28. The molecule has 0 unspecified atom stereocenters. The molecule has 1 aliphatic carbocycles. The van der Waals surface area contributed by atoms with Crippen molar-refractivity contribution in [1.82, 2.24) is 9.97 Å². The van der Waals surface area contributed by atoms with Crippen LogP contribution in [0, 0.1) is 5.41 Å². The summed E-state index contributed by atoms with van der Waals surface area (Å²) in [4.78, 5) is 19.9. The number of anilines is 1. The molecule has 20 heavy (non-hydrogen) atoms. The molecular weight excluding hydrogens is 258 g/mol. The number of methoxy groups -OCH3 is 1. The van der Waals surface area contributed by atoms with Gasteiger partial charge in [0, 0.05) is 18.8 Å². The number of nitrogens with one attached hydrogen (secondary N) is 1. The van der Waals surface area contributed by atoms with E-state index in [1.807, 2.05) is 0 Å². The van der Waals surface area contributed by atoms with Crippen LogP contribution in [0.15, 0.2) is 12.3 Å².